The summed E-state index contributed by atoms with van der Waals surface area (Å²) >= 11 is 11.4. The molecule has 0 spiro atoms. The molecule has 0 atom stereocenters. The van der Waals surface area contributed by atoms with Crippen molar-refractivity contribution in [1.82, 2.24) is 9.78 Å². The lowest BCUT2D eigenvalue weighted by Crippen LogP contribution is -2.21. The molecule has 0 unspecified atom stereocenters. The van der Waals surface area contributed by atoms with E-state index >= 15 is 0 Å². The van der Waals surface area contributed by atoms with Gasteiger partial charge in [-0.2, -0.15) is 15.0 Å². The van der Waals surface area contributed by atoms with Crippen molar-refractivity contribution in [3.63, 3.8) is 0 Å². The largest absolute Gasteiger partial charge is 0.273 e. The zero-order chi connectivity index (χ0) is 12.4. The van der Waals surface area contributed by atoms with Gasteiger partial charge < -0.3 is 0 Å². The van der Waals surface area contributed by atoms with Crippen LogP contribution in [-0.4, -0.2) is 9.78 Å². The van der Waals surface area contributed by atoms with Gasteiger partial charge in [0.05, 0.1) is 10.7 Å². The van der Waals surface area contributed by atoms with Gasteiger partial charge in [0.2, 0.25) is 0 Å². The molecule has 0 fully saturated rings. The number of halogens is 2. The van der Waals surface area contributed by atoms with Crippen LogP contribution in [0.25, 0.3) is 5.69 Å². The van der Waals surface area contributed by atoms with Crippen molar-refractivity contribution in [2.45, 2.75) is 0 Å². The highest BCUT2D eigenvalue weighted by Gasteiger charge is 2.07. The average Bonchev–Trinajstić information content (AvgIpc) is 2.31. The minimum absolute atomic E-state index is 0.00113. The number of nitrogens with zero attached hydrogens (tertiary/aromatic N) is 3. The van der Waals surface area contributed by atoms with Gasteiger partial charge in [0.15, 0.2) is 5.69 Å². The molecule has 2 aromatic rings. The third kappa shape index (κ3) is 2.31. The molecule has 0 aliphatic rings. The summed E-state index contributed by atoms with van der Waals surface area (Å²) in [4.78, 5) is 11.7. The van der Waals surface area contributed by atoms with Gasteiger partial charge in [-0.1, -0.05) is 23.2 Å². The molecule has 1 aromatic heterocycles. The van der Waals surface area contributed by atoms with E-state index in [-0.39, 0.29) is 10.7 Å². The first kappa shape index (κ1) is 11.6. The summed E-state index contributed by atoms with van der Waals surface area (Å²) in [6.07, 6.45) is 0. The Hall–Kier alpha value is -1.83. The lowest BCUT2D eigenvalue weighted by molar-refractivity contribution is 0.798. The fourth-order valence-electron chi connectivity index (χ4n) is 1.28. The van der Waals surface area contributed by atoms with Crippen molar-refractivity contribution in [3.05, 3.63) is 56.4 Å². The van der Waals surface area contributed by atoms with E-state index in [9.17, 15) is 4.79 Å². The summed E-state index contributed by atoms with van der Waals surface area (Å²) in [6.45, 7) is 0. The summed E-state index contributed by atoms with van der Waals surface area (Å²) in [7, 11) is 0. The Morgan fingerprint density at radius 3 is 2.47 bits per heavy atom. The van der Waals surface area contributed by atoms with Crippen LogP contribution in [0.5, 0.6) is 0 Å². The fourth-order valence-corrected chi connectivity index (χ4v) is 1.58. The normalized spacial score (nSPS) is 9.94. The van der Waals surface area contributed by atoms with Gasteiger partial charge in [-0.25, -0.2) is 0 Å². The minimum Gasteiger partial charge on any atom is -0.267 e. The van der Waals surface area contributed by atoms with Crippen molar-refractivity contribution in [2.24, 2.45) is 0 Å². The molecule has 0 amide bonds. The second-order valence-electron chi connectivity index (χ2n) is 3.18. The lowest BCUT2D eigenvalue weighted by Gasteiger charge is -2.04. The van der Waals surface area contributed by atoms with Crippen LogP contribution in [0, 0.1) is 11.3 Å². The monoisotopic (exact) mass is 265 g/mol. The van der Waals surface area contributed by atoms with Crippen LogP contribution in [-0.2, 0) is 0 Å². The van der Waals surface area contributed by atoms with Crippen molar-refractivity contribution < 1.29 is 0 Å². The van der Waals surface area contributed by atoms with Crippen LogP contribution >= 0.6 is 23.2 Å². The van der Waals surface area contributed by atoms with E-state index in [4.69, 9.17) is 28.5 Å². The number of benzene rings is 1. The van der Waals surface area contributed by atoms with E-state index in [1.165, 1.54) is 0 Å². The van der Waals surface area contributed by atoms with E-state index in [1.807, 2.05) is 6.07 Å². The Balaban J connectivity index is 2.64. The van der Waals surface area contributed by atoms with Crippen molar-refractivity contribution in [1.29, 1.82) is 5.26 Å². The molecule has 6 heteroatoms. The molecule has 0 N–H and O–H groups in total. The molecule has 0 bridgehead atoms. The van der Waals surface area contributed by atoms with E-state index in [2.05, 4.69) is 5.10 Å². The third-order valence-electron chi connectivity index (χ3n) is 2.06. The lowest BCUT2D eigenvalue weighted by atomic mass is 10.3. The van der Waals surface area contributed by atoms with Crippen molar-refractivity contribution in [3.8, 4) is 11.8 Å². The Labute approximate surface area is 107 Å². The highest BCUT2D eigenvalue weighted by atomic mass is 35.5. The molecule has 17 heavy (non-hydrogen) atoms. The standard InChI is InChI=1S/C11H5Cl2N3O/c12-7-1-3-8(4-2-7)16-11(17)5-9(13)10(6-14)15-16/h1-5H. The summed E-state index contributed by atoms with van der Waals surface area (Å²) in [6, 6.07) is 9.49. The fraction of sp³-hybridized carbons (Fsp3) is 0. The van der Waals surface area contributed by atoms with Crippen LogP contribution in [0.3, 0.4) is 0 Å². The van der Waals surface area contributed by atoms with Gasteiger partial charge >= 0.3 is 0 Å². The maximum absolute atomic E-state index is 11.7. The molecule has 84 valence electrons. The maximum Gasteiger partial charge on any atom is 0.273 e. The van der Waals surface area contributed by atoms with Gasteiger partial charge in [-0.15, -0.1) is 0 Å². The zero-order valence-corrected chi connectivity index (χ0v) is 9.90. The molecule has 4 nitrogen and oxygen atoms in total. The average molecular weight is 266 g/mol. The predicted molar refractivity (Wildman–Crippen MR) is 64.6 cm³/mol. The second-order valence-corrected chi connectivity index (χ2v) is 4.02. The number of aromatic nitrogens is 2. The van der Waals surface area contributed by atoms with E-state index in [1.54, 1.807) is 24.3 Å². The third-order valence-corrected chi connectivity index (χ3v) is 2.60. The Bertz CT molecular complexity index is 656. The molecule has 0 aliphatic carbocycles. The van der Waals surface area contributed by atoms with Crippen molar-refractivity contribution in [2.75, 3.05) is 0 Å². The molecular weight excluding hydrogens is 261 g/mol. The first-order valence-corrected chi connectivity index (χ1v) is 5.33. The van der Waals surface area contributed by atoms with Gasteiger partial charge in [-0.3, -0.25) is 4.79 Å². The van der Waals surface area contributed by atoms with Gasteiger partial charge in [0.25, 0.3) is 5.56 Å². The highest BCUT2D eigenvalue weighted by Crippen LogP contribution is 2.13. The van der Waals surface area contributed by atoms with Gasteiger partial charge in [0, 0.05) is 11.1 Å². The number of hydrogen-bond acceptors (Lipinski definition) is 3. The number of rotatable bonds is 1. The van der Waals surface area contributed by atoms with Crippen LogP contribution in [0.4, 0.5) is 0 Å². The topological polar surface area (TPSA) is 58.7 Å². The smallest absolute Gasteiger partial charge is 0.267 e. The number of nitriles is 1. The second kappa shape index (κ2) is 4.58. The SMILES string of the molecule is N#Cc1nn(-c2ccc(Cl)cc2)c(=O)cc1Cl. The van der Waals surface area contributed by atoms with Gasteiger partial charge in [-0.05, 0) is 24.3 Å². The summed E-state index contributed by atoms with van der Waals surface area (Å²) in [5.41, 5.74) is 0.116. The van der Waals surface area contributed by atoms with E-state index < -0.39 is 5.56 Å². The summed E-state index contributed by atoms with van der Waals surface area (Å²) in [5.74, 6) is 0. The number of hydrogen-bond donors (Lipinski definition) is 0. The zero-order valence-electron chi connectivity index (χ0n) is 8.39. The molecule has 1 aromatic carbocycles. The molecule has 0 saturated heterocycles. The Morgan fingerprint density at radius 1 is 1.24 bits per heavy atom. The quantitative estimate of drug-likeness (QED) is 0.796. The first-order valence-electron chi connectivity index (χ1n) is 4.58. The van der Waals surface area contributed by atoms with Crippen molar-refractivity contribution >= 4 is 23.2 Å². The molecule has 0 aliphatic heterocycles. The maximum atomic E-state index is 11.7. The molecule has 0 saturated carbocycles. The van der Waals surface area contributed by atoms with Gasteiger partial charge in [0.1, 0.15) is 6.07 Å². The molecular formula is C11H5Cl2N3O. The Morgan fingerprint density at radius 2 is 1.88 bits per heavy atom. The minimum atomic E-state index is -0.406. The first-order chi connectivity index (χ1) is 8.11. The summed E-state index contributed by atoms with van der Waals surface area (Å²) < 4.78 is 1.10. The highest BCUT2D eigenvalue weighted by molar-refractivity contribution is 6.31. The predicted octanol–water partition coefficient (Wildman–Crippen LogP) is 2.41. The molecule has 1 heterocycles. The van der Waals surface area contributed by atoms with E-state index in [0.717, 1.165) is 10.7 Å². The van der Waals surface area contributed by atoms with Crippen LogP contribution in [0.2, 0.25) is 10.0 Å². The van der Waals surface area contributed by atoms with Crippen LogP contribution in [0.1, 0.15) is 5.69 Å². The van der Waals surface area contributed by atoms with E-state index in [0.29, 0.717) is 10.7 Å². The molecule has 0 radical (unpaired) electrons. The van der Waals surface area contributed by atoms with Crippen LogP contribution in [0.15, 0.2) is 35.1 Å². The van der Waals surface area contributed by atoms with Crippen LogP contribution < -0.4 is 5.56 Å². The Kier molecular flexibility index (Phi) is 3.14. The molecule has 2 rings (SSSR count). The summed E-state index contributed by atoms with van der Waals surface area (Å²) in [5, 5.41) is 13.2.